The second-order valence-corrected chi connectivity index (χ2v) is 3.31. The van der Waals surface area contributed by atoms with Gasteiger partial charge < -0.3 is 5.32 Å². The number of hydrogen-bond acceptors (Lipinski definition) is 4. The fourth-order valence-corrected chi connectivity index (χ4v) is 1.30. The molecule has 17 heavy (non-hydrogen) atoms. The van der Waals surface area contributed by atoms with E-state index in [0.29, 0.717) is 5.69 Å². The zero-order valence-electron chi connectivity index (χ0n) is 8.91. The summed E-state index contributed by atoms with van der Waals surface area (Å²) in [6, 6.07) is 4.94. The Labute approximate surface area is 97.0 Å². The van der Waals surface area contributed by atoms with Gasteiger partial charge in [0.05, 0.1) is 0 Å². The fourth-order valence-electron chi connectivity index (χ4n) is 1.30. The molecule has 2 aromatic rings. The Morgan fingerprint density at radius 3 is 2.76 bits per heavy atom. The summed E-state index contributed by atoms with van der Waals surface area (Å²) in [5.41, 5.74) is 0.194. The molecule has 0 unspecified atom stereocenters. The van der Waals surface area contributed by atoms with Crippen molar-refractivity contribution in [3.63, 3.8) is 0 Å². The van der Waals surface area contributed by atoms with Gasteiger partial charge >= 0.3 is 5.69 Å². The van der Waals surface area contributed by atoms with E-state index in [-0.39, 0.29) is 12.5 Å². The van der Waals surface area contributed by atoms with Gasteiger partial charge in [-0.15, -0.1) is 0 Å². The number of aromatic nitrogens is 3. The van der Waals surface area contributed by atoms with Gasteiger partial charge in [-0.1, -0.05) is 0 Å². The number of pyridine rings is 1. The number of nitrogens with one attached hydrogen (secondary N) is 1. The molecule has 0 fully saturated rings. The molecule has 0 aromatic carbocycles. The molecule has 0 radical (unpaired) electrons. The second-order valence-electron chi connectivity index (χ2n) is 3.31. The minimum absolute atomic E-state index is 0.0605. The first-order valence-electron chi connectivity index (χ1n) is 4.97. The van der Waals surface area contributed by atoms with Crippen LogP contribution in [0.4, 0.5) is 5.69 Å². The molecule has 0 spiro atoms. The zero-order chi connectivity index (χ0) is 12.1. The van der Waals surface area contributed by atoms with E-state index in [2.05, 4.69) is 15.3 Å². The van der Waals surface area contributed by atoms with Crippen LogP contribution in [-0.2, 0) is 11.3 Å². The van der Waals surface area contributed by atoms with Crippen molar-refractivity contribution in [3.05, 3.63) is 53.5 Å². The lowest BCUT2D eigenvalue weighted by atomic mass is 10.4. The predicted molar refractivity (Wildman–Crippen MR) is 61.4 cm³/mol. The second kappa shape index (κ2) is 5.02. The van der Waals surface area contributed by atoms with Crippen molar-refractivity contribution in [1.82, 2.24) is 14.5 Å². The van der Waals surface area contributed by atoms with Crippen LogP contribution in [0.2, 0.25) is 0 Å². The Balaban J connectivity index is 2.04. The number of carbonyl (C=O) groups is 1. The minimum atomic E-state index is -0.447. The van der Waals surface area contributed by atoms with Gasteiger partial charge in [0, 0.05) is 30.5 Å². The van der Waals surface area contributed by atoms with Crippen LogP contribution in [0, 0.1) is 0 Å². The summed E-state index contributed by atoms with van der Waals surface area (Å²) in [5.74, 6) is -0.286. The molecule has 0 aliphatic heterocycles. The zero-order valence-corrected chi connectivity index (χ0v) is 8.91. The van der Waals surface area contributed by atoms with Crippen molar-refractivity contribution >= 4 is 11.6 Å². The highest BCUT2D eigenvalue weighted by Gasteiger charge is 2.04. The fraction of sp³-hybridized carbons (Fsp3) is 0.0909. The molecule has 6 heteroatoms. The van der Waals surface area contributed by atoms with Crippen LogP contribution in [0.25, 0.3) is 0 Å². The number of nitrogens with zero attached hydrogens (tertiary/aromatic N) is 3. The van der Waals surface area contributed by atoms with Crippen LogP contribution in [-0.4, -0.2) is 20.4 Å². The number of rotatable bonds is 3. The highest BCUT2D eigenvalue weighted by atomic mass is 16.2. The first kappa shape index (κ1) is 11.0. The van der Waals surface area contributed by atoms with Crippen LogP contribution in [0.5, 0.6) is 0 Å². The van der Waals surface area contributed by atoms with E-state index in [1.807, 2.05) is 0 Å². The van der Waals surface area contributed by atoms with E-state index in [4.69, 9.17) is 0 Å². The Kier molecular flexibility index (Phi) is 3.25. The van der Waals surface area contributed by atoms with E-state index < -0.39 is 5.69 Å². The molecule has 2 aromatic heterocycles. The van der Waals surface area contributed by atoms with Crippen molar-refractivity contribution in [2.75, 3.05) is 5.32 Å². The Bertz CT molecular complexity index is 565. The maximum Gasteiger partial charge on any atom is 0.347 e. The van der Waals surface area contributed by atoms with E-state index in [9.17, 15) is 9.59 Å². The molecule has 2 heterocycles. The van der Waals surface area contributed by atoms with E-state index >= 15 is 0 Å². The Morgan fingerprint density at radius 2 is 2.06 bits per heavy atom. The highest BCUT2D eigenvalue weighted by molar-refractivity contribution is 5.90. The molecule has 1 amide bonds. The van der Waals surface area contributed by atoms with E-state index in [1.165, 1.54) is 17.0 Å². The molecule has 0 atom stereocenters. The largest absolute Gasteiger partial charge is 0.347 e. The van der Waals surface area contributed by atoms with Crippen molar-refractivity contribution in [3.8, 4) is 0 Å². The maximum atomic E-state index is 11.6. The van der Waals surface area contributed by atoms with Crippen LogP contribution in [0.15, 0.2) is 47.8 Å². The molecule has 0 saturated heterocycles. The lowest BCUT2D eigenvalue weighted by Gasteiger charge is -2.05. The van der Waals surface area contributed by atoms with E-state index in [0.717, 1.165) is 0 Å². The Hall–Kier alpha value is -2.50. The molecular weight excluding hydrogens is 220 g/mol. The van der Waals surface area contributed by atoms with Gasteiger partial charge in [-0.2, -0.15) is 0 Å². The lowest BCUT2D eigenvalue weighted by molar-refractivity contribution is -0.116. The molecule has 0 bridgehead atoms. The average molecular weight is 230 g/mol. The first-order chi connectivity index (χ1) is 8.25. The lowest BCUT2D eigenvalue weighted by Crippen LogP contribution is -2.28. The SMILES string of the molecule is O=C(Cn1cccnc1=O)Nc1ccncc1. The smallest absolute Gasteiger partial charge is 0.324 e. The molecular formula is C11H10N4O2. The normalized spacial score (nSPS) is 9.88. The molecule has 1 N–H and O–H groups in total. The van der Waals surface area contributed by atoms with Crippen molar-refractivity contribution in [2.24, 2.45) is 0 Å². The number of amides is 1. The monoisotopic (exact) mass is 230 g/mol. The summed E-state index contributed by atoms with van der Waals surface area (Å²) in [6.07, 6.45) is 6.05. The highest BCUT2D eigenvalue weighted by Crippen LogP contribution is 2.02. The molecule has 2 rings (SSSR count). The Morgan fingerprint density at radius 1 is 1.29 bits per heavy atom. The molecule has 0 aliphatic rings. The summed E-state index contributed by atoms with van der Waals surface area (Å²) in [4.78, 5) is 30.3. The van der Waals surface area contributed by atoms with E-state index in [1.54, 1.807) is 30.6 Å². The minimum Gasteiger partial charge on any atom is -0.324 e. The predicted octanol–water partition coefficient (Wildman–Crippen LogP) is 0.277. The van der Waals surface area contributed by atoms with Gasteiger partial charge in [0.25, 0.3) is 0 Å². The van der Waals surface area contributed by atoms with Gasteiger partial charge in [-0.25, -0.2) is 9.78 Å². The summed E-state index contributed by atoms with van der Waals surface area (Å²) < 4.78 is 1.23. The quantitative estimate of drug-likeness (QED) is 0.821. The van der Waals surface area contributed by atoms with Crippen LogP contribution < -0.4 is 11.0 Å². The summed E-state index contributed by atoms with van der Waals surface area (Å²) in [7, 11) is 0. The summed E-state index contributed by atoms with van der Waals surface area (Å²) in [6.45, 7) is -0.0605. The van der Waals surface area contributed by atoms with Gasteiger partial charge in [-0.3, -0.25) is 14.3 Å². The van der Waals surface area contributed by atoms with Gasteiger partial charge in [0.2, 0.25) is 5.91 Å². The molecule has 0 aliphatic carbocycles. The van der Waals surface area contributed by atoms with Crippen molar-refractivity contribution < 1.29 is 4.79 Å². The average Bonchev–Trinajstić information content (AvgIpc) is 2.33. The number of hydrogen-bond donors (Lipinski definition) is 1. The molecule has 86 valence electrons. The van der Waals surface area contributed by atoms with Gasteiger partial charge in [0.15, 0.2) is 0 Å². The molecule has 6 nitrogen and oxygen atoms in total. The number of anilines is 1. The van der Waals surface area contributed by atoms with Crippen LogP contribution >= 0.6 is 0 Å². The van der Waals surface area contributed by atoms with Crippen LogP contribution in [0.3, 0.4) is 0 Å². The van der Waals surface area contributed by atoms with Crippen molar-refractivity contribution in [2.45, 2.75) is 6.54 Å². The third-order valence-electron chi connectivity index (χ3n) is 2.06. The topological polar surface area (TPSA) is 76.9 Å². The third kappa shape index (κ3) is 2.97. The molecule has 0 saturated carbocycles. The summed E-state index contributed by atoms with van der Waals surface area (Å²) in [5, 5.41) is 2.65. The summed E-state index contributed by atoms with van der Waals surface area (Å²) >= 11 is 0. The van der Waals surface area contributed by atoms with Crippen LogP contribution in [0.1, 0.15) is 0 Å². The standard InChI is InChI=1S/C11H10N4O2/c16-10(14-9-2-5-12-6-3-9)8-15-7-1-4-13-11(15)17/h1-7H,8H2,(H,12,14,16). The van der Waals surface area contributed by atoms with Crippen molar-refractivity contribution in [1.29, 1.82) is 0 Å². The third-order valence-corrected chi connectivity index (χ3v) is 2.06. The number of carbonyl (C=O) groups excluding carboxylic acids is 1. The first-order valence-corrected chi connectivity index (χ1v) is 4.97. The van der Waals surface area contributed by atoms with Gasteiger partial charge in [0.1, 0.15) is 6.54 Å². The maximum absolute atomic E-state index is 11.6. The van der Waals surface area contributed by atoms with Gasteiger partial charge in [-0.05, 0) is 18.2 Å².